The number of aromatic nitrogens is 3. The molecule has 0 atom stereocenters. The third-order valence-corrected chi connectivity index (χ3v) is 3.94. The predicted molar refractivity (Wildman–Crippen MR) is 71.5 cm³/mol. The number of carboxylic acid groups (broad SMARTS) is 1. The normalized spacial score (nSPS) is 15.5. The molecule has 2 heterocycles. The van der Waals surface area contributed by atoms with Crippen molar-refractivity contribution in [3.8, 4) is 0 Å². The summed E-state index contributed by atoms with van der Waals surface area (Å²) in [6, 6.07) is 0.420. The molecule has 6 heteroatoms. The van der Waals surface area contributed by atoms with Crippen molar-refractivity contribution >= 4 is 22.7 Å². The SMILES string of the molecule is CN(c1c(C(=O)O)cnc2c1cnn2C)C1CCC1. The Balaban J connectivity index is 2.21. The van der Waals surface area contributed by atoms with Crippen LogP contribution >= 0.6 is 0 Å². The average molecular weight is 260 g/mol. The lowest BCUT2D eigenvalue weighted by molar-refractivity contribution is 0.0697. The molecule has 1 fully saturated rings. The molecule has 1 aliphatic rings. The zero-order chi connectivity index (χ0) is 13.6. The van der Waals surface area contributed by atoms with Gasteiger partial charge >= 0.3 is 5.97 Å². The first-order chi connectivity index (χ1) is 9.09. The summed E-state index contributed by atoms with van der Waals surface area (Å²) in [5, 5.41) is 14.3. The third kappa shape index (κ3) is 1.75. The van der Waals surface area contributed by atoms with Crippen molar-refractivity contribution in [3.05, 3.63) is 18.0 Å². The van der Waals surface area contributed by atoms with E-state index in [1.165, 1.54) is 12.6 Å². The number of carboxylic acids is 1. The quantitative estimate of drug-likeness (QED) is 0.908. The molecule has 6 nitrogen and oxygen atoms in total. The van der Waals surface area contributed by atoms with E-state index in [2.05, 4.69) is 15.0 Å². The Kier molecular flexibility index (Phi) is 2.66. The fraction of sp³-hybridized carbons (Fsp3) is 0.462. The summed E-state index contributed by atoms with van der Waals surface area (Å²) >= 11 is 0. The molecule has 2 aromatic heterocycles. The number of anilines is 1. The van der Waals surface area contributed by atoms with E-state index in [0.717, 1.165) is 23.9 Å². The summed E-state index contributed by atoms with van der Waals surface area (Å²) in [5.41, 5.74) is 1.69. The number of fused-ring (bicyclic) bond motifs is 1. The minimum atomic E-state index is -0.945. The lowest BCUT2D eigenvalue weighted by Crippen LogP contribution is -2.38. The average Bonchev–Trinajstić information content (AvgIpc) is 2.67. The molecule has 0 aliphatic heterocycles. The van der Waals surface area contributed by atoms with E-state index in [1.54, 1.807) is 10.9 Å². The van der Waals surface area contributed by atoms with Gasteiger partial charge in [-0.2, -0.15) is 5.10 Å². The molecule has 100 valence electrons. The fourth-order valence-electron chi connectivity index (χ4n) is 2.58. The van der Waals surface area contributed by atoms with Crippen LogP contribution in [0.3, 0.4) is 0 Å². The van der Waals surface area contributed by atoms with Crippen LogP contribution in [0.2, 0.25) is 0 Å². The summed E-state index contributed by atoms with van der Waals surface area (Å²) in [6.45, 7) is 0. The Labute approximate surface area is 110 Å². The van der Waals surface area contributed by atoms with Crippen molar-refractivity contribution in [1.29, 1.82) is 0 Å². The number of aryl methyl sites for hydroxylation is 1. The molecule has 1 N–H and O–H groups in total. The maximum atomic E-state index is 11.4. The largest absolute Gasteiger partial charge is 0.478 e. The highest BCUT2D eigenvalue weighted by atomic mass is 16.4. The van der Waals surface area contributed by atoms with E-state index in [0.29, 0.717) is 11.7 Å². The van der Waals surface area contributed by atoms with Crippen LogP contribution in [0.4, 0.5) is 5.69 Å². The van der Waals surface area contributed by atoms with E-state index >= 15 is 0 Å². The van der Waals surface area contributed by atoms with Crippen LogP contribution in [-0.4, -0.2) is 38.9 Å². The maximum absolute atomic E-state index is 11.4. The standard InChI is InChI=1S/C13H16N4O2/c1-16(8-4-3-5-8)11-9-7-15-17(2)12(9)14-6-10(11)13(18)19/h6-8H,3-5H2,1-2H3,(H,18,19). The van der Waals surface area contributed by atoms with Crippen LogP contribution in [0, 0.1) is 0 Å². The Morgan fingerprint density at radius 1 is 1.47 bits per heavy atom. The van der Waals surface area contributed by atoms with Gasteiger partial charge in [-0.15, -0.1) is 0 Å². The number of hydrogen-bond acceptors (Lipinski definition) is 4. The molecule has 0 spiro atoms. The highest BCUT2D eigenvalue weighted by Crippen LogP contribution is 2.34. The van der Waals surface area contributed by atoms with E-state index in [1.807, 2.05) is 14.1 Å². The minimum absolute atomic E-state index is 0.245. The zero-order valence-electron chi connectivity index (χ0n) is 11.0. The summed E-state index contributed by atoms with van der Waals surface area (Å²) in [6.07, 6.45) is 6.55. The molecule has 3 rings (SSSR count). The Hall–Kier alpha value is -2.11. The van der Waals surface area contributed by atoms with Crippen molar-refractivity contribution in [1.82, 2.24) is 14.8 Å². The molecule has 19 heavy (non-hydrogen) atoms. The second kappa shape index (κ2) is 4.22. The lowest BCUT2D eigenvalue weighted by atomic mass is 9.91. The van der Waals surface area contributed by atoms with E-state index in [-0.39, 0.29) is 5.56 Å². The number of aromatic carboxylic acids is 1. The summed E-state index contributed by atoms with van der Waals surface area (Å²) < 4.78 is 1.67. The number of carbonyl (C=O) groups is 1. The molecule has 0 radical (unpaired) electrons. The fourth-order valence-corrected chi connectivity index (χ4v) is 2.58. The Bertz CT molecular complexity index is 645. The Morgan fingerprint density at radius 3 is 2.79 bits per heavy atom. The van der Waals surface area contributed by atoms with Gasteiger partial charge in [-0.25, -0.2) is 9.78 Å². The van der Waals surface area contributed by atoms with Gasteiger partial charge in [-0.1, -0.05) is 0 Å². The molecular formula is C13H16N4O2. The zero-order valence-corrected chi connectivity index (χ0v) is 11.0. The molecular weight excluding hydrogens is 244 g/mol. The highest BCUT2D eigenvalue weighted by Gasteiger charge is 2.27. The van der Waals surface area contributed by atoms with Gasteiger partial charge in [0.1, 0.15) is 5.56 Å². The maximum Gasteiger partial charge on any atom is 0.339 e. The van der Waals surface area contributed by atoms with Gasteiger partial charge in [0, 0.05) is 26.3 Å². The van der Waals surface area contributed by atoms with Gasteiger partial charge in [-0.3, -0.25) is 4.68 Å². The number of rotatable bonds is 3. The second-order valence-electron chi connectivity index (χ2n) is 5.03. The molecule has 2 aromatic rings. The first kappa shape index (κ1) is 12.0. The summed E-state index contributed by atoms with van der Waals surface area (Å²) in [7, 11) is 3.76. The van der Waals surface area contributed by atoms with Crippen LogP contribution in [0.25, 0.3) is 11.0 Å². The molecule has 0 saturated heterocycles. The second-order valence-corrected chi connectivity index (χ2v) is 5.03. The molecule has 1 aliphatic carbocycles. The van der Waals surface area contributed by atoms with Gasteiger partial charge in [0.15, 0.2) is 5.65 Å². The molecule has 1 saturated carbocycles. The van der Waals surface area contributed by atoms with Gasteiger partial charge in [-0.05, 0) is 19.3 Å². The van der Waals surface area contributed by atoms with E-state index in [4.69, 9.17) is 0 Å². The number of nitrogens with zero attached hydrogens (tertiary/aromatic N) is 4. The van der Waals surface area contributed by atoms with Gasteiger partial charge in [0.05, 0.1) is 17.3 Å². The van der Waals surface area contributed by atoms with Crippen LogP contribution in [0.5, 0.6) is 0 Å². The summed E-state index contributed by atoms with van der Waals surface area (Å²) in [5.74, 6) is -0.945. The van der Waals surface area contributed by atoms with Gasteiger partial charge in [0.25, 0.3) is 0 Å². The highest BCUT2D eigenvalue weighted by molar-refractivity contribution is 6.03. The number of hydrogen-bond donors (Lipinski definition) is 1. The van der Waals surface area contributed by atoms with Gasteiger partial charge in [0.2, 0.25) is 0 Å². The van der Waals surface area contributed by atoms with Crippen molar-refractivity contribution in [3.63, 3.8) is 0 Å². The van der Waals surface area contributed by atoms with Crippen molar-refractivity contribution < 1.29 is 9.90 Å². The molecule has 0 aromatic carbocycles. The number of pyridine rings is 1. The van der Waals surface area contributed by atoms with Crippen LogP contribution in [0.1, 0.15) is 29.6 Å². The Morgan fingerprint density at radius 2 is 2.21 bits per heavy atom. The molecule has 0 bridgehead atoms. The van der Waals surface area contributed by atoms with Crippen molar-refractivity contribution in [2.24, 2.45) is 7.05 Å². The van der Waals surface area contributed by atoms with Crippen molar-refractivity contribution in [2.45, 2.75) is 25.3 Å². The van der Waals surface area contributed by atoms with Crippen LogP contribution < -0.4 is 4.90 Å². The van der Waals surface area contributed by atoms with E-state index < -0.39 is 5.97 Å². The van der Waals surface area contributed by atoms with Crippen LogP contribution in [0.15, 0.2) is 12.4 Å². The smallest absolute Gasteiger partial charge is 0.339 e. The first-order valence-corrected chi connectivity index (χ1v) is 6.36. The topological polar surface area (TPSA) is 71.2 Å². The van der Waals surface area contributed by atoms with Crippen molar-refractivity contribution in [2.75, 3.05) is 11.9 Å². The lowest BCUT2D eigenvalue weighted by Gasteiger charge is -2.37. The van der Waals surface area contributed by atoms with E-state index in [9.17, 15) is 9.90 Å². The summed E-state index contributed by atoms with van der Waals surface area (Å²) in [4.78, 5) is 17.7. The third-order valence-electron chi connectivity index (χ3n) is 3.94. The minimum Gasteiger partial charge on any atom is -0.478 e. The molecule has 0 amide bonds. The first-order valence-electron chi connectivity index (χ1n) is 6.36. The monoisotopic (exact) mass is 260 g/mol. The van der Waals surface area contributed by atoms with Crippen LogP contribution in [-0.2, 0) is 7.05 Å². The predicted octanol–water partition coefficient (Wildman–Crippen LogP) is 1.66. The van der Waals surface area contributed by atoms with Gasteiger partial charge < -0.3 is 10.0 Å². The molecule has 0 unspecified atom stereocenters.